The molecule has 150 valence electrons. The summed E-state index contributed by atoms with van der Waals surface area (Å²) in [5, 5.41) is 11.6. The van der Waals surface area contributed by atoms with E-state index in [9.17, 15) is 9.59 Å². The maximum Gasteiger partial charge on any atom is 0.341 e. The summed E-state index contributed by atoms with van der Waals surface area (Å²) in [6, 6.07) is 14.4. The fraction of sp³-hybridized carbons (Fsp3) is 0.364. The molecule has 28 heavy (non-hydrogen) atoms. The Kier molecular flexibility index (Phi) is 7.87. The van der Waals surface area contributed by atoms with Crippen LogP contribution in [0.15, 0.2) is 48.5 Å². The molecule has 0 radical (unpaired) electrons. The lowest BCUT2D eigenvalue weighted by molar-refractivity contribution is -0.139. The lowest BCUT2D eigenvalue weighted by atomic mass is 10.1. The zero-order valence-corrected chi connectivity index (χ0v) is 16.5. The minimum atomic E-state index is -1.02. The van der Waals surface area contributed by atoms with Crippen LogP contribution in [0.1, 0.15) is 37.9 Å². The second kappa shape index (κ2) is 10.3. The molecule has 0 saturated heterocycles. The van der Waals surface area contributed by atoms with E-state index >= 15 is 0 Å². The van der Waals surface area contributed by atoms with E-state index in [1.807, 2.05) is 43.3 Å². The van der Waals surface area contributed by atoms with Gasteiger partial charge in [0.2, 0.25) is 5.91 Å². The molecule has 0 spiro atoms. The first-order valence-corrected chi connectivity index (χ1v) is 9.29. The number of carboxylic acid groups (broad SMARTS) is 1. The number of carboxylic acids is 1. The van der Waals surface area contributed by atoms with Gasteiger partial charge in [-0.15, -0.1) is 0 Å². The molecule has 0 aliphatic rings. The number of nitrogens with one attached hydrogen (secondary N) is 1. The number of carbonyl (C=O) groups excluding carboxylic acids is 1. The average Bonchev–Trinajstić information content (AvgIpc) is 2.66. The van der Waals surface area contributed by atoms with Gasteiger partial charge in [0.25, 0.3) is 0 Å². The van der Waals surface area contributed by atoms with Gasteiger partial charge in [0.15, 0.2) is 6.61 Å². The Morgan fingerprint density at radius 2 is 1.50 bits per heavy atom. The lowest BCUT2D eigenvalue weighted by Gasteiger charge is -2.15. The summed E-state index contributed by atoms with van der Waals surface area (Å²) in [5.41, 5.74) is 1.83. The Hall–Kier alpha value is -3.02. The summed E-state index contributed by atoms with van der Waals surface area (Å²) in [4.78, 5) is 22.8. The Morgan fingerprint density at radius 1 is 0.929 bits per heavy atom. The Labute approximate surface area is 165 Å². The van der Waals surface area contributed by atoms with E-state index in [0.717, 1.165) is 16.9 Å². The van der Waals surface area contributed by atoms with Crippen molar-refractivity contribution in [3.8, 4) is 11.5 Å². The zero-order chi connectivity index (χ0) is 20.5. The topological polar surface area (TPSA) is 84.9 Å². The van der Waals surface area contributed by atoms with E-state index in [2.05, 4.69) is 19.2 Å². The number of hydrogen-bond donors (Lipinski definition) is 2. The summed E-state index contributed by atoms with van der Waals surface area (Å²) < 4.78 is 10.8. The average molecular weight is 385 g/mol. The van der Waals surface area contributed by atoms with Crippen LogP contribution < -0.4 is 14.8 Å². The highest BCUT2D eigenvalue weighted by Gasteiger charge is 2.11. The predicted molar refractivity (Wildman–Crippen MR) is 107 cm³/mol. The molecule has 6 nitrogen and oxygen atoms in total. The van der Waals surface area contributed by atoms with Gasteiger partial charge in [0.1, 0.15) is 11.5 Å². The number of ether oxygens (including phenoxy) is 2. The first kappa shape index (κ1) is 21.3. The maximum absolute atomic E-state index is 12.3. The molecule has 0 heterocycles. The normalized spacial score (nSPS) is 11.7. The zero-order valence-electron chi connectivity index (χ0n) is 16.5. The number of carbonyl (C=O) groups is 2. The molecule has 2 aromatic carbocycles. The molecule has 2 rings (SSSR count). The quantitative estimate of drug-likeness (QED) is 0.653. The van der Waals surface area contributed by atoms with Gasteiger partial charge < -0.3 is 19.9 Å². The van der Waals surface area contributed by atoms with Crippen LogP contribution in [0.3, 0.4) is 0 Å². The van der Waals surface area contributed by atoms with E-state index in [4.69, 9.17) is 14.6 Å². The van der Waals surface area contributed by atoms with Gasteiger partial charge in [-0.05, 0) is 48.2 Å². The summed E-state index contributed by atoms with van der Waals surface area (Å²) in [7, 11) is 0. The molecule has 2 aromatic rings. The van der Waals surface area contributed by atoms with E-state index in [1.54, 1.807) is 12.1 Å². The van der Waals surface area contributed by atoms with Gasteiger partial charge in [0.05, 0.1) is 19.1 Å². The molecule has 1 atom stereocenters. The van der Waals surface area contributed by atoms with Gasteiger partial charge in [-0.3, -0.25) is 4.79 Å². The first-order valence-electron chi connectivity index (χ1n) is 9.29. The molecule has 0 saturated carbocycles. The van der Waals surface area contributed by atoms with Crippen LogP contribution in [0, 0.1) is 5.92 Å². The number of hydrogen-bond acceptors (Lipinski definition) is 4. The van der Waals surface area contributed by atoms with Gasteiger partial charge in [0, 0.05) is 0 Å². The van der Waals surface area contributed by atoms with Crippen molar-refractivity contribution in [1.82, 2.24) is 5.32 Å². The molecule has 1 unspecified atom stereocenters. The molecule has 0 aliphatic heterocycles. The second-order valence-electron chi connectivity index (χ2n) is 7.07. The van der Waals surface area contributed by atoms with Crippen molar-refractivity contribution >= 4 is 11.9 Å². The summed E-state index contributed by atoms with van der Waals surface area (Å²) in [6.07, 6.45) is 0.286. The Bertz CT molecular complexity index is 769. The van der Waals surface area contributed by atoms with E-state index < -0.39 is 5.97 Å². The Balaban J connectivity index is 1.84. The molecular formula is C22H27NO5. The molecule has 1 amide bonds. The monoisotopic (exact) mass is 385 g/mol. The van der Waals surface area contributed by atoms with Crippen LogP contribution in [0.25, 0.3) is 0 Å². The third-order valence-electron chi connectivity index (χ3n) is 3.99. The van der Waals surface area contributed by atoms with Crippen molar-refractivity contribution in [3.63, 3.8) is 0 Å². The standard InChI is InChI=1S/C22H27NO5/c1-15(2)13-27-19-8-4-17(5-9-19)12-21(24)23-16(3)18-6-10-20(11-7-18)28-14-22(25)26/h4-11,15-16H,12-14H2,1-3H3,(H,23,24)(H,25,26). The Morgan fingerprint density at radius 3 is 2.07 bits per heavy atom. The van der Waals surface area contributed by atoms with Crippen molar-refractivity contribution in [2.75, 3.05) is 13.2 Å². The van der Waals surface area contributed by atoms with Crippen LogP contribution >= 0.6 is 0 Å². The van der Waals surface area contributed by atoms with E-state index in [0.29, 0.717) is 18.3 Å². The minimum Gasteiger partial charge on any atom is -0.493 e. The minimum absolute atomic E-state index is 0.0745. The van der Waals surface area contributed by atoms with E-state index in [-0.39, 0.29) is 25.0 Å². The van der Waals surface area contributed by atoms with Crippen molar-refractivity contribution in [2.24, 2.45) is 5.92 Å². The fourth-order valence-electron chi connectivity index (χ4n) is 2.53. The van der Waals surface area contributed by atoms with Crippen LogP contribution in [0.5, 0.6) is 11.5 Å². The van der Waals surface area contributed by atoms with Crippen LogP contribution in [-0.4, -0.2) is 30.2 Å². The predicted octanol–water partition coefficient (Wildman–Crippen LogP) is 3.60. The third-order valence-corrected chi connectivity index (χ3v) is 3.99. The molecule has 0 fully saturated rings. The molecular weight excluding hydrogens is 358 g/mol. The van der Waals surface area contributed by atoms with Crippen molar-refractivity contribution in [1.29, 1.82) is 0 Å². The van der Waals surface area contributed by atoms with Crippen molar-refractivity contribution < 1.29 is 24.2 Å². The van der Waals surface area contributed by atoms with Crippen LogP contribution in [0.4, 0.5) is 0 Å². The molecule has 0 aromatic heterocycles. The molecule has 0 aliphatic carbocycles. The second-order valence-corrected chi connectivity index (χ2v) is 7.07. The maximum atomic E-state index is 12.3. The fourth-order valence-corrected chi connectivity index (χ4v) is 2.53. The molecule has 6 heteroatoms. The highest BCUT2D eigenvalue weighted by atomic mass is 16.5. The number of rotatable bonds is 10. The third kappa shape index (κ3) is 7.31. The summed E-state index contributed by atoms with van der Waals surface area (Å²) in [5.74, 6) is 0.643. The molecule has 0 bridgehead atoms. The largest absolute Gasteiger partial charge is 0.493 e. The van der Waals surface area contributed by atoms with E-state index in [1.165, 1.54) is 0 Å². The van der Waals surface area contributed by atoms with Gasteiger partial charge in [-0.25, -0.2) is 4.79 Å². The highest BCUT2D eigenvalue weighted by molar-refractivity contribution is 5.79. The van der Waals surface area contributed by atoms with Crippen LogP contribution in [0.2, 0.25) is 0 Å². The first-order chi connectivity index (χ1) is 13.3. The SMILES string of the molecule is CC(C)COc1ccc(CC(=O)NC(C)c2ccc(OCC(=O)O)cc2)cc1. The highest BCUT2D eigenvalue weighted by Crippen LogP contribution is 2.18. The number of benzene rings is 2. The lowest BCUT2D eigenvalue weighted by Crippen LogP contribution is -2.28. The van der Waals surface area contributed by atoms with Crippen LogP contribution in [-0.2, 0) is 16.0 Å². The smallest absolute Gasteiger partial charge is 0.341 e. The van der Waals surface area contributed by atoms with Gasteiger partial charge in [-0.2, -0.15) is 0 Å². The van der Waals surface area contributed by atoms with Gasteiger partial charge in [-0.1, -0.05) is 38.1 Å². The number of aliphatic carboxylic acids is 1. The summed E-state index contributed by atoms with van der Waals surface area (Å²) >= 11 is 0. The summed E-state index contributed by atoms with van der Waals surface area (Å²) in [6.45, 7) is 6.37. The number of amides is 1. The van der Waals surface area contributed by atoms with Gasteiger partial charge >= 0.3 is 5.97 Å². The van der Waals surface area contributed by atoms with Crippen molar-refractivity contribution in [2.45, 2.75) is 33.2 Å². The molecule has 2 N–H and O–H groups in total. The van der Waals surface area contributed by atoms with Crippen molar-refractivity contribution in [3.05, 3.63) is 59.7 Å².